The van der Waals surface area contributed by atoms with Crippen LogP contribution in [0.5, 0.6) is 0 Å². The molecule has 2 nitrogen and oxygen atoms in total. The van der Waals surface area contributed by atoms with Gasteiger partial charge in [-0.2, -0.15) is 0 Å². The molecular weight excluding hydrogens is 134 g/mol. The first kappa shape index (κ1) is 9.27. The van der Waals surface area contributed by atoms with Crippen molar-refractivity contribution in [1.29, 1.82) is 0 Å². The maximum atomic E-state index is 8.39. The van der Waals surface area contributed by atoms with Crippen molar-refractivity contribution in [3.8, 4) is 0 Å². The van der Waals surface area contributed by atoms with E-state index < -0.39 is 0 Å². The Morgan fingerprint density at radius 1 is 1.22 bits per heavy atom. The van der Waals surface area contributed by atoms with Crippen LogP contribution >= 0.6 is 11.8 Å². The predicted molar refractivity (Wildman–Crippen MR) is 42.4 cm³/mol. The molecule has 0 fully saturated rings. The molecule has 56 valence electrons. The summed E-state index contributed by atoms with van der Waals surface area (Å²) in [7, 11) is 0. The number of nitrogens with two attached hydrogens (primary N) is 1. The zero-order valence-corrected chi connectivity index (χ0v) is 6.49. The average molecular weight is 149 g/mol. The molecule has 0 spiro atoms. The van der Waals surface area contributed by atoms with E-state index >= 15 is 0 Å². The van der Waals surface area contributed by atoms with Crippen LogP contribution in [0.2, 0.25) is 0 Å². The predicted octanol–water partition coefficient (Wildman–Crippen LogP) is 0.798. The molecule has 0 rings (SSSR count). The normalized spacial score (nSPS) is 10.0. The Balaban J connectivity index is 2.60. The lowest BCUT2D eigenvalue weighted by Gasteiger charge is -1.95. The van der Waals surface area contributed by atoms with E-state index in [0.717, 1.165) is 24.5 Å². The largest absolute Gasteiger partial charge is 0.396 e. The summed E-state index contributed by atoms with van der Waals surface area (Å²) in [6, 6.07) is 0. The number of hydrogen-bond donors (Lipinski definition) is 2. The standard InChI is InChI=1S/C6H15NOS/c7-6-9-5-3-1-2-4-8/h8H,1-7H2. The Bertz CT molecular complexity index is 46.3. The number of unbranched alkanes of at least 4 members (excludes halogenated alkanes) is 2. The zero-order valence-electron chi connectivity index (χ0n) is 5.68. The van der Waals surface area contributed by atoms with Crippen LogP contribution in [-0.4, -0.2) is 23.3 Å². The van der Waals surface area contributed by atoms with Gasteiger partial charge < -0.3 is 10.8 Å². The van der Waals surface area contributed by atoms with Crippen molar-refractivity contribution in [2.75, 3.05) is 18.2 Å². The number of aliphatic hydroxyl groups excluding tert-OH is 1. The van der Waals surface area contributed by atoms with Gasteiger partial charge in [0.05, 0.1) is 0 Å². The highest BCUT2D eigenvalue weighted by Crippen LogP contribution is 2.02. The van der Waals surface area contributed by atoms with Gasteiger partial charge in [-0.1, -0.05) is 6.42 Å². The fraction of sp³-hybridized carbons (Fsp3) is 1.00. The molecule has 0 radical (unpaired) electrons. The van der Waals surface area contributed by atoms with Gasteiger partial charge in [0.15, 0.2) is 0 Å². The third kappa shape index (κ3) is 8.27. The second kappa shape index (κ2) is 8.27. The van der Waals surface area contributed by atoms with Crippen molar-refractivity contribution in [2.24, 2.45) is 5.73 Å². The molecule has 0 aromatic rings. The van der Waals surface area contributed by atoms with E-state index in [9.17, 15) is 0 Å². The Kier molecular flexibility index (Phi) is 8.52. The van der Waals surface area contributed by atoms with Crippen molar-refractivity contribution in [2.45, 2.75) is 19.3 Å². The van der Waals surface area contributed by atoms with E-state index in [4.69, 9.17) is 10.8 Å². The minimum Gasteiger partial charge on any atom is -0.396 e. The molecule has 3 heteroatoms. The quantitative estimate of drug-likeness (QED) is 0.434. The van der Waals surface area contributed by atoms with Crippen LogP contribution < -0.4 is 5.73 Å². The monoisotopic (exact) mass is 149 g/mol. The van der Waals surface area contributed by atoms with Gasteiger partial charge in [-0.25, -0.2) is 0 Å². The SMILES string of the molecule is NCSCCCCCO. The molecule has 0 atom stereocenters. The Morgan fingerprint density at radius 3 is 2.56 bits per heavy atom. The van der Waals surface area contributed by atoms with Crippen LogP contribution in [0.3, 0.4) is 0 Å². The summed E-state index contributed by atoms with van der Waals surface area (Å²) in [4.78, 5) is 0. The Hall–Kier alpha value is 0.270. The van der Waals surface area contributed by atoms with Gasteiger partial charge in [0.1, 0.15) is 0 Å². The van der Waals surface area contributed by atoms with Crippen molar-refractivity contribution in [1.82, 2.24) is 0 Å². The van der Waals surface area contributed by atoms with Gasteiger partial charge >= 0.3 is 0 Å². The molecule has 0 bridgehead atoms. The van der Waals surface area contributed by atoms with Gasteiger partial charge in [-0.3, -0.25) is 0 Å². The van der Waals surface area contributed by atoms with E-state index in [1.807, 2.05) is 0 Å². The Labute approximate surface area is 60.8 Å². The first-order chi connectivity index (χ1) is 4.41. The summed E-state index contributed by atoms with van der Waals surface area (Å²) >= 11 is 1.75. The van der Waals surface area contributed by atoms with Crippen LogP contribution in [0.15, 0.2) is 0 Å². The number of aliphatic hydroxyl groups is 1. The molecular formula is C6H15NOS. The molecule has 0 aromatic heterocycles. The topological polar surface area (TPSA) is 46.2 Å². The molecule has 0 aliphatic carbocycles. The van der Waals surface area contributed by atoms with E-state index in [1.165, 1.54) is 6.42 Å². The number of hydrogen-bond acceptors (Lipinski definition) is 3. The Morgan fingerprint density at radius 2 is 2.00 bits per heavy atom. The van der Waals surface area contributed by atoms with E-state index in [1.54, 1.807) is 11.8 Å². The summed E-state index contributed by atoms with van der Waals surface area (Å²) in [5, 5.41) is 8.39. The van der Waals surface area contributed by atoms with Crippen molar-refractivity contribution >= 4 is 11.8 Å². The van der Waals surface area contributed by atoms with Gasteiger partial charge in [0.25, 0.3) is 0 Å². The summed E-state index contributed by atoms with van der Waals surface area (Å²) in [6.45, 7) is 0.327. The molecule has 0 saturated carbocycles. The molecule has 3 N–H and O–H groups in total. The van der Waals surface area contributed by atoms with E-state index in [0.29, 0.717) is 6.61 Å². The maximum Gasteiger partial charge on any atom is 0.0431 e. The van der Waals surface area contributed by atoms with Crippen LogP contribution in [-0.2, 0) is 0 Å². The summed E-state index contributed by atoms with van der Waals surface area (Å²) in [5.41, 5.74) is 5.26. The average Bonchev–Trinajstić information content (AvgIpc) is 1.89. The lowest BCUT2D eigenvalue weighted by Crippen LogP contribution is -1.94. The lowest BCUT2D eigenvalue weighted by molar-refractivity contribution is 0.284. The summed E-state index contributed by atoms with van der Waals surface area (Å²) < 4.78 is 0. The van der Waals surface area contributed by atoms with E-state index in [-0.39, 0.29) is 0 Å². The first-order valence-corrected chi connectivity index (χ1v) is 4.46. The van der Waals surface area contributed by atoms with Gasteiger partial charge in [0.2, 0.25) is 0 Å². The molecule has 0 aromatic carbocycles. The van der Waals surface area contributed by atoms with Crippen LogP contribution in [0.1, 0.15) is 19.3 Å². The first-order valence-electron chi connectivity index (χ1n) is 3.30. The molecule has 0 saturated heterocycles. The maximum absolute atomic E-state index is 8.39. The van der Waals surface area contributed by atoms with Crippen molar-refractivity contribution in [3.63, 3.8) is 0 Å². The molecule has 0 aliphatic rings. The fourth-order valence-corrected chi connectivity index (χ4v) is 1.15. The molecule has 0 unspecified atom stereocenters. The van der Waals surface area contributed by atoms with Crippen molar-refractivity contribution in [3.05, 3.63) is 0 Å². The van der Waals surface area contributed by atoms with Gasteiger partial charge in [-0.05, 0) is 18.6 Å². The summed E-state index contributed by atoms with van der Waals surface area (Å²) in [6.07, 6.45) is 3.25. The summed E-state index contributed by atoms with van der Waals surface area (Å²) in [5.74, 6) is 1.86. The third-order valence-electron chi connectivity index (χ3n) is 1.06. The second-order valence-corrected chi connectivity index (χ2v) is 3.01. The smallest absolute Gasteiger partial charge is 0.0431 e. The highest BCUT2D eigenvalue weighted by Gasteiger charge is 1.86. The van der Waals surface area contributed by atoms with E-state index in [2.05, 4.69) is 0 Å². The zero-order chi connectivity index (χ0) is 6.95. The highest BCUT2D eigenvalue weighted by molar-refractivity contribution is 7.99. The second-order valence-electron chi connectivity index (χ2n) is 1.86. The van der Waals surface area contributed by atoms with Crippen LogP contribution in [0, 0.1) is 0 Å². The minimum absolute atomic E-state index is 0.327. The number of rotatable bonds is 6. The van der Waals surface area contributed by atoms with Gasteiger partial charge in [0, 0.05) is 12.5 Å². The molecule has 9 heavy (non-hydrogen) atoms. The number of thioether (sulfide) groups is 1. The lowest BCUT2D eigenvalue weighted by atomic mass is 10.3. The third-order valence-corrected chi connectivity index (χ3v) is 1.88. The van der Waals surface area contributed by atoms with Gasteiger partial charge in [-0.15, -0.1) is 11.8 Å². The fourth-order valence-electron chi connectivity index (χ4n) is 0.576. The molecule has 0 amide bonds. The van der Waals surface area contributed by atoms with Crippen LogP contribution in [0.25, 0.3) is 0 Å². The van der Waals surface area contributed by atoms with Crippen molar-refractivity contribution < 1.29 is 5.11 Å². The minimum atomic E-state index is 0.327. The molecule has 0 aliphatic heterocycles. The molecule has 0 heterocycles. The van der Waals surface area contributed by atoms with Crippen LogP contribution in [0.4, 0.5) is 0 Å². The highest BCUT2D eigenvalue weighted by atomic mass is 32.2.